The molecule has 1 aromatic heterocycles. The first-order valence-electron chi connectivity index (χ1n) is 6.24. The molecule has 2 atom stereocenters. The maximum atomic E-state index is 5.88. The number of ether oxygens (including phenoxy) is 1. The maximum absolute atomic E-state index is 5.88. The Morgan fingerprint density at radius 3 is 3.22 bits per heavy atom. The number of aromatic nitrogens is 2. The molecule has 3 heterocycles. The van der Waals surface area contributed by atoms with Crippen LogP contribution in [0.15, 0.2) is 29.3 Å². The summed E-state index contributed by atoms with van der Waals surface area (Å²) in [6.45, 7) is 2.94. The van der Waals surface area contributed by atoms with Gasteiger partial charge in [-0.15, -0.1) is 11.8 Å². The van der Waals surface area contributed by atoms with Crippen LogP contribution in [0.2, 0.25) is 0 Å². The fraction of sp³-hybridized carbons (Fsp3) is 0.357. The average molecular weight is 258 g/mol. The smallest absolute Gasteiger partial charge is 0.123 e. The van der Waals surface area contributed by atoms with Crippen molar-refractivity contribution in [3.8, 4) is 5.75 Å². The van der Waals surface area contributed by atoms with E-state index >= 15 is 0 Å². The van der Waals surface area contributed by atoms with Crippen LogP contribution in [0.5, 0.6) is 5.75 Å². The van der Waals surface area contributed by atoms with Crippen LogP contribution in [-0.2, 0) is 0 Å². The number of fused-ring (bicyclic) bond motifs is 5. The van der Waals surface area contributed by atoms with Crippen molar-refractivity contribution < 1.29 is 4.74 Å². The summed E-state index contributed by atoms with van der Waals surface area (Å²) in [5.74, 6) is 3.15. The molecule has 1 aromatic carbocycles. The summed E-state index contributed by atoms with van der Waals surface area (Å²) >= 11 is 1.85. The molecule has 2 aliphatic heterocycles. The molecule has 0 saturated carbocycles. The third kappa shape index (κ3) is 1.35. The van der Waals surface area contributed by atoms with Gasteiger partial charge in [-0.1, -0.05) is 18.2 Å². The zero-order valence-electron chi connectivity index (χ0n) is 10.1. The number of aryl methyl sites for hydroxylation is 1. The molecule has 0 radical (unpaired) electrons. The largest absolute Gasteiger partial charge is 0.493 e. The molecule has 0 amide bonds. The third-order valence-electron chi connectivity index (χ3n) is 3.88. The second-order valence-corrected chi connectivity index (χ2v) is 5.97. The summed E-state index contributed by atoms with van der Waals surface area (Å²) in [4.78, 5) is 0. The van der Waals surface area contributed by atoms with Crippen LogP contribution in [0.4, 0.5) is 0 Å². The topological polar surface area (TPSA) is 37.9 Å². The van der Waals surface area contributed by atoms with E-state index in [0.29, 0.717) is 11.8 Å². The van der Waals surface area contributed by atoms with Gasteiger partial charge in [0.15, 0.2) is 0 Å². The van der Waals surface area contributed by atoms with Crippen molar-refractivity contribution in [3.63, 3.8) is 0 Å². The second kappa shape index (κ2) is 3.79. The Morgan fingerprint density at radius 1 is 1.39 bits per heavy atom. The summed E-state index contributed by atoms with van der Waals surface area (Å²) in [5.41, 5.74) is 3.90. The van der Waals surface area contributed by atoms with E-state index in [1.54, 1.807) is 0 Å². The van der Waals surface area contributed by atoms with Crippen molar-refractivity contribution in [2.75, 3.05) is 12.4 Å². The van der Waals surface area contributed by atoms with Crippen molar-refractivity contribution in [3.05, 3.63) is 41.1 Å². The van der Waals surface area contributed by atoms with Gasteiger partial charge in [-0.25, -0.2) is 0 Å². The number of thioether (sulfide) groups is 1. The highest BCUT2D eigenvalue weighted by molar-refractivity contribution is 7.99. The van der Waals surface area contributed by atoms with Crippen molar-refractivity contribution in [2.45, 2.75) is 17.9 Å². The second-order valence-electron chi connectivity index (χ2n) is 4.97. The molecule has 2 aromatic rings. The number of hydrogen-bond acceptors (Lipinski definition) is 3. The van der Waals surface area contributed by atoms with Gasteiger partial charge >= 0.3 is 0 Å². The van der Waals surface area contributed by atoms with E-state index in [4.69, 9.17) is 4.74 Å². The standard InChI is InChI=1S/C14H14N2OS/c1-8-12-13-9(7-18-14(12)16-15-8)6-17-11-5-3-2-4-10(11)13/h2-5,9,13H,6-7H2,1H3,(H,15,16)/t9-,13+/m0/s1. The molecular weight excluding hydrogens is 244 g/mol. The molecule has 1 N–H and O–H groups in total. The predicted octanol–water partition coefficient (Wildman–Crippen LogP) is 2.96. The van der Waals surface area contributed by atoms with Crippen LogP contribution in [0, 0.1) is 12.8 Å². The molecule has 0 unspecified atom stereocenters. The lowest BCUT2D eigenvalue weighted by molar-refractivity contribution is 0.218. The number of hydrogen-bond donors (Lipinski definition) is 1. The minimum absolute atomic E-state index is 0.449. The van der Waals surface area contributed by atoms with Gasteiger partial charge in [0.05, 0.1) is 6.61 Å². The number of nitrogens with zero attached hydrogens (tertiary/aromatic N) is 1. The molecule has 0 fully saturated rings. The molecule has 2 aliphatic rings. The molecule has 0 bridgehead atoms. The highest BCUT2D eigenvalue weighted by Crippen LogP contribution is 2.49. The lowest BCUT2D eigenvalue weighted by Gasteiger charge is -2.36. The fourth-order valence-corrected chi connectivity index (χ4v) is 4.24. The molecule has 0 aliphatic carbocycles. The monoisotopic (exact) mass is 258 g/mol. The Hall–Kier alpha value is -1.42. The quantitative estimate of drug-likeness (QED) is 0.789. The number of benzene rings is 1. The minimum Gasteiger partial charge on any atom is -0.493 e. The number of nitrogens with one attached hydrogen (secondary N) is 1. The van der Waals surface area contributed by atoms with Gasteiger partial charge < -0.3 is 4.74 Å². The fourth-order valence-electron chi connectivity index (χ4n) is 3.03. The van der Waals surface area contributed by atoms with Gasteiger partial charge in [0, 0.05) is 34.4 Å². The van der Waals surface area contributed by atoms with E-state index in [0.717, 1.165) is 18.1 Å². The van der Waals surface area contributed by atoms with E-state index < -0.39 is 0 Å². The zero-order chi connectivity index (χ0) is 12.1. The lowest BCUT2D eigenvalue weighted by Crippen LogP contribution is -2.31. The van der Waals surface area contributed by atoms with E-state index in [2.05, 4.69) is 35.3 Å². The molecule has 18 heavy (non-hydrogen) atoms. The summed E-state index contributed by atoms with van der Waals surface area (Å²) < 4.78 is 5.88. The summed E-state index contributed by atoms with van der Waals surface area (Å²) in [5, 5.41) is 8.72. The third-order valence-corrected chi connectivity index (χ3v) is 5.06. The Morgan fingerprint density at radius 2 is 2.28 bits per heavy atom. The number of para-hydroxylation sites is 1. The van der Waals surface area contributed by atoms with Gasteiger partial charge in [-0.2, -0.15) is 5.10 Å². The van der Waals surface area contributed by atoms with E-state index in [1.165, 1.54) is 21.8 Å². The zero-order valence-corrected chi connectivity index (χ0v) is 11.0. The van der Waals surface area contributed by atoms with Gasteiger partial charge in [-0.3, -0.25) is 5.10 Å². The minimum atomic E-state index is 0.449. The van der Waals surface area contributed by atoms with Crippen LogP contribution >= 0.6 is 11.8 Å². The first kappa shape index (κ1) is 10.5. The highest BCUT2D eigenvalue weighted by Gasteiger charge is 2.38. The van der Waals surface area contributed by atoms with Crippen molar-refractivity contribution in [2.24, 2.45) is 5.92 Å². The Balaban J connectivity index is 1.94. The summed E-state index contributed by atoms with van der Waals surface area (Å²) in [6, 6.07) is 8.40. The normalized spacial score (nSPS) is 24.7. The molecule has 92 valence electrons. The maximum Gasteiger partial charge on any atom is 0.123 e. The molecule has 4 rings (SSSR count). The first-order chi connectivity index (χ1) is 8.84. The average Bonchev–Trinajstić information content (AvgIpc) is 2.80. The van der Waals surface area contributed by atoms with Gasteiger partial charge in [0.25, 0.3) is 0 Å². The number of rotatable bonds is 0. The molecule has 4 heteroatoms. The lowest BCUT2D eigenvalue weighted by atomic mass is 9.80. The van der Waals surface area contributed by atoms with Crippen LogP contribution in [0.25, 0.3) is 0 Å². The van der Waals surface area contributed by atoms with Crippen LogP contribution in [0.1, 0.15) is 22.7 Å². The van der Waals surface area contributed by atoms with Gasteiger partial charge in [-0.05, 0) is 13.0 Å². The van der Waals surface area contributed by atoms with E-state index in [9.17, 15) is 0 Å². The first-order valence-corrected chi connectivity index (χ1v) is 7.22. The van der Waals surface area contributed by atoms with Crippen molar-refractivity contribution in [1.29, 1.82) is 0 Å². The SMILES string of the molecule is Cc1[nH]nc2c1[C@H]1c3ccccc3OC[C@H]1CS2. The Labute approximate surface area is 110 Å². The van der Waals surface area contributed by atoms with Gasteiger partial charge in [0.2, 0.25) is 0 Å². The Bertz CT molecular complexity index is 608. The Kier molecular flexibility index (Phi) is 2.21. The summed E-state index contributed by atoms with van der Waals surface area (Å²) in [6.07, 6.45) is 0. The van der Waals surface area contributed by atoms with Crippen LogP contribution in [0.3, 0.4) is 0 Å². The highest BCUT2D eigenvalue weighted by atomic mass is 32.2. The van der Waals surface area contributed by atoms with Crippen molar-refractivity contribution in [1.82, 2.24) is 10.2 Å². The molecule has 3 nitrogen and oxygen atoms in total. The molecule has 0 spiro atoms. The molecule has 0 saturated heterocycles. The van der Waals surface area contributed by atoms with Gasteiger partial charge in [0.1, 0.15) is 10.8 Å². The van der Waals surface area contributed by atoms with Crippen LogP contribution in [-0.4, -0.2) is 22.6 Å². The van der Waals surface area contributed by atoms with E-state index in [-0.39, 0.29) is 0 Å². The summed E-state index contributed by atoms with van der Waals surface area (Å²) in [7, 11) is 0. The number of aromatic amines is 1. The predicted molar refractivity (Wildman–Crippen MR) is 71.3 cm³/mol. The van der Waals surface area contributed by atoms with E-state index in [1.807, 2.05) is 17.8 Å². The van der Waals surface area contributed by atoms with Crippen LogP contribution < -0.4 is 4.74 Å². The molecular formula is C14H14N2OS. The number of H-pyrrole nitrogens is 1. The van der Waals surface area contributed by atoms with Crippen molar-refractivity contribution >= 4 is 11.8 Å².